The maximum Gasteiger partial charge on any atom is 0.335 e. The summed E-state index contributed by atoms with van der Waals surface area (Å²) in [6.45, 7) is 3.77. The quantitative estimate of drug-likeness (QED) is 0.313. The van der Waals surface area contributed by atoms with Crippen LogP contribution in [0.3, 0.4) is 0 Å². The van der Waals surface area contributed by atoms with Crippen molar-refractivity contribution in [1.29, 1.82) is 0 Å². The number of anilines is 1. The molecule has 0 atom stereocenters. The van der Waals surface area contributed by atoms with E-state index < -0.39 is 17.8 Å². The van der Waals surface area contributed by atoms with Gasteiger partial charge in [-0.05, 0) is 68.4 Å². The van der Waals surface area contributed by atoms with Crippen molar-refractivity contribution in [3.05, 3.63) is 77.1 Å². The molecule has 1 aromatic heterocycles. The van der Waals surface area contributed by atoms with E-state index in [0.29, 0.717) is 11.4 Å². The summed E-state index contributed by atoms with van der Waals surface area (Å²) in [5.41, 5.74) is 6.14. The molecule has 0 aliphatic heterocycles. The van der Waals surface area contributed by atoms with Crippen molar-refractivity contribution in [3.8, 4) is 11.4 Å². The molecule has 0 saturated heterocycles. The lowest BCUT2D eigenvalue weighted by molar-refractivity contribution is -0.136. The highest BCUT2D eigenvalue weighted by atomic mass is 16.5. The van der Waals surface area contributed by atoms with Crippen molar-refractivity contribution in [2.24, 2.45) is 5.10 Å². The number of amides is 2. The number of aryl methyl sites for hydroxylation is 1. The van der Waals surface area contributed by atoms with Crippen molar-refractivity contribution >= 4 is 29.7 Å². The Bertz CT molecular complexity index is 1180. The van der Waals surface area contributed by atoms with Gasteiger partial charge in [0.05, 0.1) is 18.9 Å². The van der Waals surface area contributed by atoms with Crippen LogP contribution in [0.2, 0.25) is 0 Å². The second-order valence-electron chi connectivity index (χ2n) is 6.90. The van der Waals surface area contributed by atoms with Crippen LogP contribution in [-0.2, 0) is 9.59 Å². The van der Waals surface area contributed by atoms with Crippen molar-refractivity contribution in [1.82, 2.24) is 9.99 Å². The van der Waals surface area contributed by atoms with Crippen LogP contribution in [0.4, 0.5) is 5.69 Å². The molecule has 0 radical (unpaired) electrons. The average Bonchev–Trinajstić information content (AvgIpc) is 3.07. The predicted molar refractivity (Wildman–Crippen MR) is 120 cm³/mol. The molecule has 164 valence electrons. The van der Waals surface area contributed by atoms with E-state index >= 15 is 0 Å². The highest BCUT2D eigenvalue weighted by Crippen LogP contribution is 2.20. The number of benzene rings is 2. The highest BCUT2D eigenvalue weighted by Gasteiger charge is 2.14. The van der Waals surface area contributed by atoms with Crippen molar-refractivity contribution < 1.29 is 24.2 Å². The largest absolute Gasteiger partial charge is 0.497 e. The third-order valence-electron chi connectivity index (χ3n) is 4.77. The molecule has 0 aliphatic rings. The summed E-state index contributed by atoms with van der Waals surface area (Å²) in [4.78, 5) is 35.1. The van der Waals surface area contributed by atoms with Crippen LogP contribution in [0.5, 0.6) is 5.75 Å². The van der Waals surface area contributed by atoms with Gasteiger partial charge >= 0.3 is 17.8 Å². The number of hydrazone groups is 1. The van der Waals surface area contributed by atoms with Crippen LogP contribution in [0.1, 0.15) is 27.3 Å². The number of aromatic carboxylic acids is 1. The second-order valence-corrected chi connectivity index (χ2v) is 6.90. The highest BCUT2D eigenvalue weighted by molar-refractivity contribution is 6.39. The molecule has 0 aliphatic carbocycles. The molecule has 3 N–H and O–H groups in total. The fraction of sp³-hybridized carbons (Fsp3) is 0.130. The summed E-state index contributed by atoms with van der Waals surface area (Å²) in [6.07, 6.45) is 1.45. The first-order valence-electron chi connectivity index (χ1n) is 9.61. The van der Waals surface area contributed by atoms with Gasteiger partial charge in [0.15, 0.2) is 0 Å². The Hall–Kier alpha value is -4.40. The molecule has 2 aromatic carbocycles. The number of carboxylic acid groups (broad SMARTS) is 1. The number of hydrogen-bond donors (Lipinski definition) is 3. The van der Waals surface area contributed by atoms with Crippen LogP contribution < -0.4 is 15.5 Å². The van der Waals surface area contributed by atoms with Gasteiger partial charge in [-0.1, -0.05) is 0 Å². The summed E-state index contributed by atoms with van der Waals surface area (Å²) in [6, 6.07) is 14.9. The van der Waals surface area contributed by atoms with Gasteiger partial charge in [0.25, 0.3) is 0 Å². The molecular formula is C23H22N4O5. The number of hydrogen-bond acceptors (Lipinski definition) is 5. The molecule has 3 rings (SSSR count). The molecule has 0 saturated carbocycles. The second kappa shape index (κ2) is 9.61. The van der Waals surface area contributed by atoms with E-state index in [1.54, 1.807) is 36.4 Å². The summed E-state index contributed by atoms with van der Waals surface area (Å²) in [7, 11) is 1.53. The van der Waals surface area contributed by atoms with E-state index in [2.05, 4.69) is 15.8 Å². The summed E-state index contributed by atoms with van der Waals surface area (Å²) in [5.74, 6) is -2.11. The lowest BCUT2D eigenvalue weighted by Crippen LogP contribution is -2.32. The molecule has 9 heteroatoms. The number of rotatable bonds is 6. The summed E-state index contributed by atoms with van der Waals surface area (Å²) < 4.78 is 6.98. The van der Waals surface area contributed by atoms with Gasteiger partial charge in [-0.15, -0.1) is 0 Å². The molecule has 0 bridgehead atoms. The minimum absolute atomic E-state index is 0.202. The smallest absolute Gasteiger partial charge is 0.335 e. The molecule has 1 heterocycles. The number of carbonyl (C=O) groups excluding carboxylic acids is 2. The molecule has 32 heavy (non-hydrogen) atoms. The minimum Gasteiger partial charge on any atom is -0.497 e. The first-order chi connectivity index (χ1) is 15.3. The maximum atomic E-state index is 12.0. The number of nitrogens with one attached hydrogen (secondary N) is 2. The Morgan fingerprint density at radius 2 is 1.66 bits per heavy atom. The van der Waals surface area contributed by atoms with E-state index in [4.69, 9.17) is 9.84 Å². The van der Waals surface area contributed by atoms with Crippen LogP contribution >= 0.6 is 0 Å². The molecule has 0 spiro atoms. The first-order valence-corrected chi connectivity index (χ1v) is 9.61. The van der Waals surface area contributed by atoms with Gasteiger partial charge < -0.3 is 19.7 Å². The first kappa shape index (κ1) is 22.3. The fourth-order valence-corrected chi connectivity index (χ4v) is 3.14. The zero-order valence-corrected chi connectivity index (χ0v) is 17.7. The number of aromatic nitrogens is 1. The lowest BCUT2D eigenvalue weighted by atomic mass is 10.2. The number of nitrogens with zero attached hydrogens (tertiary/aromatic N) is 2. The topological polar surface area (TPSA) is 122 Å². The number of methoxy groups -OCH3 is 1. The van der Waals surface area contributed by atoms with E-state index in [0.717, 1.165) is 22.6 Å². The van der Waals surface area contributed by atoms with Crippen molar-refractivity contribution in [2.45, 2.75) is 13.8 Å². The van der Waals surface area contributed by atoms with Crippen molar-refractivity contribution in [2.75, 3.05) is 12.4 Å². The van der Waals surface area contributed by atoms with E-state index in [1.807, 2.05) is 24.5 Å². The van der Waals surface area contributed by atoms with Crippen molar-refractivity contribution in [3.63, 3.8) is 0 Å². The summed E-state index contributed by atoms with van der Waals surface area (Å²) >= 11 is 0. The van der Waals surface area contributed by atoms with Crippen LogP contribution in [0.15, 0.2) is 59.7 Å². The van der Waals surface area contributed by atoms with E-state index in [9.17, 15) is 14.4 Å². The Balaban J connectivity index is 1.66. The van der Waals surface area contributed by atoms with Gasteiger partial charge in [-0.2, -0.15) is 5.10 Å². The van der Waals surface area contributed by atoms with E-state index in [1.165, 1.54) is 25.5 Å². The van der Waals surface area contributed by atoms with Gasteiger partial charge in [-0.25, -0.2) is 10.2 Å². The average molecular weight is 434 g/mol. The monoisotopic (exact) mass is 434 g/mol. The normalized spacial score (nSPS) is 10.7. The van der Waals surface area contributed by atoms with Gasteiger partial charge in [0, 0.05) is 28.3 Å². The third-order valence-corrected chi connectivity index (χ3v) is 4.77. The zero-order chi connectivity index (χ0) is 23.3. The Morgan fingerprint density at radius 1 is 1.00 bits per heavy atom. The Labute approximate surface area is 184 Å². The molecule has 9 nitrogen and oxygen atoms in total. The van der Waals surface area contributed by atoms with Gasteiger partial charge in [-0.3, -0.25) is 9.59 Å². The predicted octanol–water partition coefficient (Wildman–Crippen LogP) is 2.89. The molecule has 0 fully saturated rings. The molecular weight excluding hydrogens is 412 g/mol. The summed E-state index contributed by atoms with van der Waals surface area (Å²) in [5, 5.41) is 15.4. The fourth-order valence-electron chi connectivity index (χ4n) is 3.14. The lowest BCUT2D eigenvalue weighted by Gasteiger charge is -2.09. The molecule has 3 aromatic rings. The maximum absolute atomic E-state index is 12.0. The minimum atomic E-state index is -0.989. The van der Waals surface area contributed by atoms with Gasteiger partial charge in [0.1, 0.15) is 5.75 Å². The Morgan fingerprint density at radius 3 is 2.25 bits per heavy atom. The van der Waals surface area contributed by atoms with Crippen LogP contribution in [-0.4, -0.2) is 40.8 Å². The number of ether oxygens (including phenoxy) is 1. The Kier molecular flexibility index (Phi) is 6.69. The van der Waals surface area contributed by atoms with Gasteiger partial charge in [0.2, 0.25) is 0 Å². The van der Waals surface area contributed by atoms with E-state index in [-0.39, 0.29) is 5.56 Å². The molecule has 0 unspecified atom stereocenters. The molecule has 2 amide bonds. The standard InChI is InChI=1S/C23H22N4O5/c1-14-12-17(15(2)27(14)19-8-4-16(5-9-19)23(30)31)13-24-26-22(29)21(28)25-18-6-10-20(32-3)11-7-18/h4-13H,1-3H3,(H,25,28)(H,26,29)(H,30,31)/b24-13-. The SMILES string of the molecule is COc1ccc(NC(=O)C(=O)N/N=C\c2cc(C)n(-c3ccc(C(=O)O)cc3)c2C)cc1. The number of carbonyl (C=O) groups is 3. The third kappa shape index (κ3) is 5.01. The van der Waals surface area contributed by atoms with Crippen LogP contribution in [0.25, 0.3) is 5.69 Å². The number of carboxylic acids is 1. The zero-order valence-electron chi connectivity index (χ0n) is 17.7. The van der Waals surface area contributed by atoms with Crippen LogP contribution in [0, 0.1) is 13.8 Å².